The summed E-state index contributed by atoms with van der Waals surface area (Å²) in [4.78, 5) is 0.338. The topological polar surface area (TPSA) is 49.1 Å². The molecular weight excluding hydrogens is 132 g/mol. The molecule has 0 unspecified atom stereocenters. The van der Waals surface area contributed by atoms with Gasteiger partial charge in [-0.15, -0.1) is 0 Å². The molecule has 0 saturated carbocycles. The van der Waals surface area contributed by atoms with Gasteiger partial charge in [-0.1, -0.05) is 0 Å². The minimum atomic E-state index is 0.330. The average molecular weight is 139 g/mol. The van der Waals surface area contributed by atoms with Crippen LogP contribution in [-0.4, -0.2) is 11.7 Å². The molecule has 0 aliphatic rings. The highest BCUT2D eigenvalue weighted by Gasteiger charge is 1.97. The first-order valence-corrected chi connectivity index (χ1v) is 2.94. The normalized spacial score (nSPS) is 9.30. The molecule has 0 aromatic carbocycles. The summed E-state index contributed by atoms with van der Waals surface area (Å²) in [5.74, 6) is 0.330. The van der Waals surface area contributed by atoms with E-state index in [1.807, 2.05) is 6.92 Å². The van der Waals surface area contributed by atoms with Crippen molar-refractivity contribution in [2.45, 2.75) is 6.92 Å². The van der Waals surface area contributed by atoms with Gasteiger partial charge in [-0.25, -0.2) is 0 Å². The zero-order valence-electron chi connectivity index (χ0n) is 5.57. The van der Waals surface area contributed by atoms with Gasteiger partial charge < -0.3 is 9.94 Å². The zero-order chi connectivity index (χ0) is 7.40. The van der Waals surface area contributed by atoms with Crippen LogP contribution < -0.4 is 9.58 Å². The molecule has 0 spiro atoms. The summed E-state index contributed by atoms with van der Waals surface area (Å²) < 4.78 is 4.93. The largest absolute Gasteiger partial charge is 0.594 e. The van der Waals surface area contributed by atoms with Crippen molar-refractivity contribution in [1.82, 2.24) is 5.10 Å². The molecule has 1 aromatic heterocycles. The van der Waals surface area contributed by atoms with Gasteiger partial charge in [0.1, 0.15) is 0 Å². The van der Waals surface area contributed by atoms with Gasteiger partial charge in [0.25, 0.3) is 5.88 Å². The van der Waals surface area contributed by atoms with E-state index in [1.54, 1.807) is 6.07 Å². The number of ether oxygens (including phenoxy) is 1. The first-order valence-electron chi connectivity index (χ1n) is 2.94. The predicted octanol–water partition coefficient (Wildman–Crippen LogP) is -0.0861. The molecule has 1 heterocycles. The van der Waals surface area contributed by atoms with E-state index >= 15 is 0 Å². The lowest BCUT2D eigenvalue weighted by Gasteiger charge is -1.97. The van der Waals surface area contributed by atoms with Crippen LogP contribution >= 0.6 is 0 Å². The second-order valence-corrected chi connectivity index (χ2v) is 1.61. The van der Waals surface area contributed by atoms with E-state index in [9.17, 15) is 5.21 Å². The molecule has 1 aromatic rings. The van der Waals surface area contributed by atoms with E-state index in [4.69, 9.17) is 4.74 Å². The Morgan fingerprint density at radius 2 is 2.70 bits per heavy atom. The van der Waals surface area contributed by atoms with Gasteiger partial charge in [0.15, 0.2) is 0 Å². The Labute approximate surface area is 58.6 Å². The highest BCUT2D eigenvalue weighted by atomic mass is 16.5. The van der Waals surface area contributed by atoms with Crippen molar-refractivity contribution in [3.8, 4) is 5.88 Å². The molecule has 0 aliphatic heterocycles. The Morgan fingerprint density at radius 3 is 3.30 bits per heavy atom. The van der Waals surface area contributed by atoms with Crippen LogP contribution in [0.5, 0.6) is 5.88 Å². The summed E-state index contributed by atoms with van der Waals surface area (Å²) in [6.45, 7) is 2.34. The van der Waals surface area contributed by atoms with Crippen molar-refractivity contribution in [2.75, 3.05) is 6.61 Å². The summed E-state index contributed by atoms with van der Waals surface area (Å²) in [5.41, 5.74) is 0. The second kappa shape index (κ2) is 3.00. The summed E-state index contributed by atoms with van der Waals surface area (Å²) in [7, 11) is 0. The Bertz CT molecular complexity index is 215. The third-order valence-corrected chi connectivity index (χ3v) is 0.892. The van der Waals surface area contributed by atoms with Crippen LogP contribution in [0, 0.1) is 11.4 Å². The van der Waals surface area contributed by atoms with Gasteiger partial charge in [-0.05, 0) is 11.8 Å². The maximum atomic E-state index is 10.4. The fourth-order valence-corrected chi connectivity index (χ4v) is 0.549. The number of hydrogen-bond donors (Lipinski definition) is 0. The van der Waals surface area contributed by atoms with E-state index in [0.29, 0.717) is 17.3 Å². The molecule has 4 heteroatoms. The van der Waals surface area contributed by atoms with Crippen molar-refractivity contribution in [1.29, 1.82) is 0 Å². The summed E-state index contributed by atoms with van der Waals surface area (Å²) in [6, 6.07) is 3.04. The summed E-state index contributed by atoms with van der Waals surface area (Å²) >= 11 is 0. The van der Waals surface area contributed by atoms with Gasteiger partial charge >= 0.3 is 6.20 Å². The lowest BCUT2D eigenvalue weighted by atomic mass is 10.6. The second-order valence-electron chi connectivity index (χ2n) is 1.61. The molecule has 10 heavy (non-hydrogen) atoms. The molecule has 0 fully saturated rings. The van der Waals surface area contributed by atoms with Crippen LogP contribution in [0.1, 0.15) is 6.92 Å². The fourth-order valence-electron chi connectivity index (χ4n) is 0.549. The molecule has 0 atom stereocenters. The summed E-state index contributed by atoms with van der Waals surface area (Å²) in [6.07, 6.45) is 2.30. The Balaban J connectivity index is 2.75. The van der Waals surface area contributed by atoms with E-state index in [1.165, 1.54) is 6.07 Å². The molecule has 0 saturated heterocycles. The van der Waals surface area contributed by atoms with Gasteiger partial charge in [0, 0.05) is 12.1 Å². The molecule has 0 aliphatic carbocycles. The van der Waals surface area contributed by atoms with E-state index in [-0.39, 0.29) is 0 Å². The molecule has 1 radical (unpaired) electrons. The van der Waals surface area contributed by atoms with Gasteiger partial charge in [0.05, 0.1) is 11.7 Å². The van der Waals surface area contributed by atoms with Crippen molar-refractivity contribution in [3.05, 3.63) is 23.5 Å². The van der Waals surface area contributed by atoms with Crippen LogP contribution in [-0.2, 0) is 0 Å². The number of hydrogen-bond acceptors (Lipinski definition) is 3. The van der Waals surface area contributed by atoms with E-state index in [2.05, 4.69) is 11.3 Å². The molecule has 1 rings (SSSR count). The average Bonchev–Trinajstić information content (AvgIpc) is 1.88. The molecule has 53 valence electrons. The smallest absolute Gasteiger partial charge is 0.319 e. The predicted molar refractivity (Wildman–Crippen MR) is 33.2 cm³/mol. The lowest BCUT2D eigenvalue weighted by Crippen LogP contribution is -2.30. The monoisotopic (exact) mass is 139 g/mol. The third-order valence-electron chi connectivity index (χ3n) is 0.892. The minimum absolute atomic E-state index is 0.330. The summed E-state index contributed by atoms with van der Waals surface area (Å²) in [5, 5.41) is 13.9. The van der Waals surface area contributed by atoms with Gasteiger partial charge in [0.2, 0.25) is 0 Å². The lowest BCUT2D eigenvalue weighted by molar-refractivity contribution is -0.673. The number of rotatable bonds is 2. The Hall–Kier alpha value is -1.32. The highest BCUT2D eigenvalue weighted by Crippen LogP contribution is 1.98. The van der Waals surface area contributed by atoms with Crippen LogP contribution in [0.2, 0.25) is 0 Å². The van der Waals surface area contributed by atoms with Crippen LogP contribution in [0.15, 0.2) is 12.1 Å². The Morgan fingerprint density at radius 1 is 1.90 bits per heavy atom. The molecule has 0 N–H and O–H groups in total. The van der Waals surface area contributed by atoms with Gasteiger partial charge in [-0.3, -0.25) is 0 Å². The first kappa shape index (κ1) is 6.80. The SMILES string of the molecule is CCOc1cc[c][n+]([O-])n1. The zero-order valence-corrected chi connectivity index (χ0v) is 5.57. The van der Waals surface area contributed by atoms with E-state index in [0.717, 1.165) is 0 Å². The molecular formula is C6H7N2O2. The van der Waals surface area contributed by atoms with Gasteiger partial charge in [-0.2, -0.15) is 0 Å². The standard InChI is InChI=1S/C6H7N2O2/c1-2-10-6-4-3-5-8(9)7-6/h3-4H,2H2,1H3. The molecule has 4 nitrogen and oxygen atoms in total. The van der Waals surface area contributed by atoms with Crippen LogP contribution in [0.3, 0.4) is 0 Å². The van der Waals surface area contributed by atoms with Crippen molar-refractivity contribution in [2.24, 2.45) is 0 Å². The maximum Gasteiger partial charge on any atom is 0.319 e. The number of aromatic nitrogens is 2. The first-order chi connectivity index (χ1) is 4.83. The highest BCUT2D eigenvalue weighted by molar-refractivity contribution is 5.02. The molecule has 0 bridgehead atoms. The maximum absolute atomic E-state index is 10.4. The molecule has 0 amide bonds. The van der Waals surface area contributed by atoms with E-state index < -0.39 is 0 Å². The minimum Gasteiger partial charge on any atom is -0.594 e. The van der Waals surface area contributed by atoms with Crippen molar-refractivity contribution >= 4 is 0 Å². The van der Waals surface area contributed by atoms with Crippen molar-refractivity contribution < 1.29 is 9.58 Å². The van der Waals surface area contributed by atoms with Crippen LogP contribution in [0.25, 0.3) is 0 Å². The van der Waals surface area contributed by atoms with Crippen molar-refractivity contribution in [3.63, 3.8) is 0 Å². The quantitative estimate of drug-likeness (QED) is 0.425. The fraction of sp³-hybridized carbons (Fsp3) is 0.333. The Kier molecular flexibility index (Phi) is 2.04. The number of nitrogens with zero attached hydrogens (tertiary/aromatic N) is 2. The third kappa shape index (κ3) is 1.58. The van der Waals surface area contributed by atoms with Crippen LogP contribution in [0.4, 0.5) is 0 Å².